The van der Waals surface area contributed by atoms with Crippen molar-refractivity contribution in [3.8, 4) is 23.0 Å². The van der Waals surface area contributed by atoms with Crippen LogP contribution in [-0.2, 0) is 10.8 Å². The van der Waals surface area contributed by atoms with Gasteiger partial charge < -0.3 is 28.7 Å². The molecule has 59 heavy (non-hydrogen) atoms. The molecule has 0 unspecified atom stereocenters. The van der Waals surface area contributed by atoms with E-state index in [4.69, 9.17) is 18.9 Å². The number of aryl methyl sites for hydroxylation is 2. The number of anilines is 6. The van der Waals surface area contributed by atoms with Crippen LogP contribution in [0, 0.1) is 27.7 Å². The number of hydrogen-bond donors (Lipinski definition) is 0. The summed E-state index contributed by atoms with van der Waals surface area (Å²) in [5, 5.41) is 2.58. The molecule has 7 aromatic rings. The third-order valence-electron chi connectivity index (χ3n) is 12.8. The molecule has 0 radical (unpaired) electrons. The summed E-state index contributed by atoms with van der Waals surface area (Å²) in [6, 6.07) is 25.6. The van der Waals surface area contributed by atoms with Crippen LogP contribution in [0.4, 0.5) is 34.1 Å². The maximum absolute atomic E-state index is 6.41. The maximum Gasteiger partial charge on any atom is 0.277 e. The average molecular weight is 817 g/mol. The quantitative estimate of drug-likeness (QED) is 0.162. The van der Waals surface area contributed by atoms with Crippen molar-refractivity contribution >= 4 is 98.7 Å². The highest BCUT2D eigenvalue weighted by atomic mass is 32.1. The molecule has 0 fully saturated rings. The van der Waals surface area contributed by atoms with E-state index in [2.05, 4.69) is 146 Å². The minimum atomic E-state index is -0.00941. The van der Waals surface area contributed by atoms with E-state index in [0.29, 0.717) is 26.4 Å². The van der Waals surface area contributed by atoms with Gasteiger partial charge >= 0.3 is 0 Å². The van der Waals surface area contributed by atoms with Crippen LogP contribution >= 0.6 is 22.7 Å². The molecule has 11 rings (SSSR count). The summed E-state index contributed by atoms with van der Waals surface area (Å²) in [5.41, 5.74) is 15.7. The molecule has 4 aliphatic rings. The van der Waals surface area contributed by atoms with E-state index < -0.39 is 0 Å². The monoisotopic (exact) mass is 816 g/mol. The number of thiophene rings is 2. The Kier molecular flexibility index (Phi) is 7.95. The van der Waals surface area contributed by atoms with Crippen LogP contribution in [0.25, 0.3) is 20.2 Å². The first-order valence-electron chi connectivity index (χ1n) is 20.9. The zero-order chi connectivity index (χ0) is 40.9. The molecule has 6 heterocycles. The topological polar surface area (TPSA) is 43.4 Å². The fraction of sp³-hybridized carbons (Fsp3) is 0.320. The van der Waals surface area contributed by atoms with Gasteiger partial charge in [-0.15, -0.1) is 22.7 Å². The summed E-state index contributed by atoms with van der Waals surface area (Å²) in [6.45, 7) is 25.0. The smallest absolute Gasteiger partial charge is 0.277 e. The molecular formula is C50H49BN2O4S2. The summed E-state index contributed by atoms with van der Waals surface area (Å²) in [7, 11) is 0. The standard InChI is InChI=1S/C50H49BN2O4S2/c1-26-22-36-45(56-20-18-54-36)28(3)41(26)52-34-12-11-13-35-40(34)51(47-43(52)32-24-30(49(5,6)7)14-16-38(32)58-47)48-44(33-25-31(50(8,9)10)15-17-39(33)59-48)53(35)42-27(2)23-37-46(29(42)4)57-21-19-55-37/h11-17,22-25H,18-21H2,1-10H3. The Morgan fingerprint density at radius 2 is 0.949 bits per heavy atom. The van der Waals surface area contributed by atoms with Crippen LogP contribution in [0.1, 0.15) is 74.9 Å². The van der Waals surface area contributed by atoms with Gasteiger partial charge in [-0.05, 0) is 115 Å². The Hall–Kier alpha value is -5.12. The lowest BCUT2D eigenvalue weighted by molar-refractivity contribution is 0.170. The van der Waals surface area contributed by atoms with Gasteiger partial charge in [-0.25, -0.2) is 0 Å². The third kappa shape index (κ3) is 5.29. The van der Waals surface area contributed by atoms with Crippen molar-refractivity contribution in [3.05, 3.63) is 100 Å². The third-order valence-corrected chi connectivity index (χ3v) is 15.3. The van der Waals surface area contributed by atoms with Gasteiger partial charge in [-0.1, -0.05) is 59.7 Å². The SMILES string of the molecule is Cc1cc2c(c(C)c1N1c3cccc4c3B(c3sc5ccc(C(C)(C)C)cc5c31)c1sc3ccc(C(C)(C)C)cc3c1N4c1c(C)cc3c(c1C)OCCO3)OCCO2. The molecule has 6 nitrogen and oxygen atoms in total. The predicted octanol–water partition coefficient (Wildman–Crippen LogP) is 11.6. The molecule has 0 atom stereocenters. The number of ether oxygens (including phenoxy) is 4. The molecule has 2 aromatic heterocycles. The highest BCUT2D eigenvalue weighted by Gasteiger charge is 2.48. The van der Waals surface area contributed by atoms with Crippen LogP contribution in [0.2, 0.25) is 0 Å². The van der Waals surface area contributed by atoms with E-state index >= 15 is 0 Å². The molecule has 0 aliphatic carbocycles. The van der Waals surface area contributed by atoms with Crippen molar-refractivity contribution < 1.29 is 18.9 Å². The molecule has 0 spiro atoms. The first-order valence-corrected chi connectivity index (χ1v) is 22.5. The van der Waals surface area contributed by atoms with Crippen LogP contribution < -0.4 is 43.8 Å². The summed E-state index contributed by atoms with van der Waals surface area (Å²) in [5.74, 6) is 3.33. The fourth-order valence-electron chi connectivity index (χ4n) is 10.00. The Balaban J connectivity index is 1.28. The predicted molar refractivity (Wildman–Crippen MR) is 250 cm³/mol. The van der Waals surface area contributed by atoms with E-state index in [-0.39, 0.29) is 17.5 Å². The average Bonchev–Trinajstić information content (AvgIpc) is 3.77. The van der Waals surface area contributed by atoms with Gasteiger partial charge in [0.1, 0.15) is 26.4 Å². The Labute approximate surface area is 355 Å². The molecule has 4 aliphatic heterocycles. The zero-order valence-electron chi connectivity index (χ0n) is 35.6. The summed E-state index contributed by atoms with van der Waals surface area (Å²) < 4.78 is 30.6. The van der Waals surface area contributed by atoms with Gasteiger partial charge in [0.2, 0.25) is 0 Å². The second-order valence-electron chi connectivity index (χ2n) is 18.7. The summed E-state index contributed by atoms with van der Waals surface area (Å²) in [6.07, 6.45) is 0. The lowest BCUT2D eigenvalue weighted by Gasteiger charge is -2.43. The second kappa shape index (κ2) is 12.7. The van der Waals surface area contributed by atoms with E-state index in [1.54, 1.807) is 0 Å². The number of nitrogens with zero attached hydrogens (tertiary/aromatic N) is 2. The fourth-order valence-corrected chi connectivity index (χ4v) is 12.7. The molecule has 0 amide bonds. The van der Waals surface area contributed by atoms with Crippen LogP contribution in [0.15, 0.2) is 66.7 Å². The van der Waals surface area contributed by atoms with Crippen LogP contribution in [0.3, 0.4) is 0 Å². The van der Waals surface area contributed by atoms with Crippen molar-refractivity contribution in [2.75, 3.05) is 36.2 Å². The van der Waals surface area contributed by atoms with Gasteiger partial charge in [-0.3, -0.25) is 0 Å². The number of hydrogen-bond acceptors (Lipinski definition) is 8. The van der Waals surface area contributed by atoms with Crippen molar-refractivity contribution in [1.29, 1.82) is 0 Å². The maximum atomic E-state index is 6.41. The van der Waals surface area contributed by atoms with Gasteiger partial charge in [0.25, 0.3) is 6.71 Å². The van der Waals surface area contributed by atoms with Gasteiger partial charge in [-0.2, -0.15) is 0 Å². The lowest BCUT2D eigenvalue weighted by atomic mass is 9.39. The molecular weight excluding hydrogens is 768 g/mol. The number of fused-ring (bicyclic) bond motifs is 10. The summed E-state index contributed by atoms with van der Waals surface area (Å²) >= 11 is 3.91. The molecule has 0 bridgehead atoms. The van der Waals surface area contributed by atoms with E-state index in [0.717, 1.165) is 56.6 Å². The molecule has 9 heteroatoms. The normalized spacial score (nSPS) is 15.5. The highest BCUT2D eigenvalue weighted by Crippen LogP contribution is 2.55. The lowest BCUT2D eigenvalue weighted by Crippen LogP contribution is -2.59. The van der Waals surface area contributed by atoms with Crippen molar-refractivity contribution in [2.45, 2.75) is 80.1 Å². The molecule has 0 saturated carbocycles. The molecule has 0 saturated heterocycles. The molecule has 298 valence electrons. The van der Waals surface area contributed by atoms with Gasteiger partial charge in [0.15, 0.2) is 23.0 Å². The Morgan fingerprint density at radius 3 is 1.37 bits per heavy atom. The van der Waals surface area contributed by atoms with Crippen LogP contribution in [0.5, 0.6) is 23.0 Å². The van der Waals surface area contributed by atoms with Gasteiger partial charge in [0, 0.05) is 52.2 Å². The van der Waals surface area contributed by atoms with E-state index in [9.17, 15) is 0 Å². The van der Waals surface area contributed by atoms with Crippen molar-refractivity contribution in [3.63, 3.8) is 0 Å². The minimum Gasteiger partial charge on any atom is -0.486 e. The Bertz CT molecular complexity index is 2760. The van der Waals surface area contributed by atoms with Crippen LogP contribution in [-0.4, -0.2) is 33.1 Å². The van der Waals surface area contributed by atoms with Gasteiger partial charge in [0.05, 0.1) is 22.7 Å². The molecule has 5 aromatic carbocycles. The first-order chi connectivity index (χ1) is 28.2. The number of rotatable bonds is 2. The summed E-state index contributed by atoms with van der Waals surface area (Å²) in [4.78, 5) is 5.16. The number of benzene rings is 5. The Morgan fingerprint density at radius 1 is 0.525 bits per heavy atom. The zero-order valence-corrected chi connectivity index (χ0v) is 37.2. The highest BCUT2D eigenvalue weighted by molar-refractivity contribution is 7.40. The molecule has 0 N–H and O–H groups in total. The van der Waals surface area contributed by atoms with Crippen molar-refractivity contribution in [2.24, 2.45) is 0 Å². The largest absolute Gasteiger partial charge is 0.486 e. The van der Waals surface area contributed by atoms with E-state index in [1.807, 2.05) is 22.7 Å². The van der Waals surface area contributed by atoms with E-state index in [1.165, 1.54) is 69.1 Å². The second-order valence-corrected chi connectivity index (χ2v) is 20.9. The first kappa shape index (κ1) is 36.9. The van der Waals surface area contributed by atoms with Crippen molar-refractivity contribution in [1.82, 2.24) is 0 Å². The minimum absolute atomic E-state index is 0.00941.